The summed E-state index contributed by atoms with van der Waals surface area (Å²) in [6.07, 6.45) is 3.44. The molecule has 19 heavy (non-hydrogen) atoms. The fourth-order valence-electron chi connectivity index (χ4n) is 2.18. The van der Waals surface area contributed by atoms with Gasteiger partial charge in [0.1, 0.15) is 11.5 Å². The average Bonchev–Trinajstić information content (AvgIpc) is 2.47. The first kappa shape index (κ1) is 13.7. The van der Waals surface area contributed by atoms with Crippen molar-refractivity contribution in [2.24, 2.45) is 0 Å². The summed E-state index contributed by atoms with van der Waals surface area (Å²) in [4.78, 5) is 13.8. The van der Waals surface area contributed by atoms with E-state index in [0.717, 1.165) is 31.7 Å². The summed E-state index contributed by atoms with van der Waals surface area (Å²) in [7, 11) is 0. The highest BCUT2D eigenvalue weighted by Crippen LogP contribution is 2.17. The first-order valence-corrected chi connectivity index (χ1v) is 6.93. The van der Waals surface area contributed by atoms with E-state index in [1.165, 1.54) is 6.42 Å². The van der Waals surface area contributed by atoms with Gasteiger partial charge in [0.15, 0.2) is 6.61 Å². The van der Waals surface area contributed by atoms with Crippen LogP contribution in [0.1, 0.15) is 26.2 Å². The number of carbonyl (C=O) groups is 1. The molecule has 1 saturated heterocycles. The summed E-state index contributed by atoms with van der Waals surface area (Å²) in [5, 5.41) is 0. The lowest BCUT2D eigenvalue weighted by molar-refractivity contribution is -0.134. The van der Waals surface area contributed by atoms with Gasteiger partial charge in [-0.05, 0) is 50.5 Å². The Balaban J connectivity index is 1.79. The van der Waals surface area contributed by atoms with Crippen molar-refractivity contribution in [2.75, 3.05) is 26.3 Å². The van der Waals surface area contributed by atoms with Crippen LogP contribution in [0.3, 0.4) is 0 Å². The number of nitrogens with zero attached hydrogens (tertiary/aromatic N) is 1. The summed E-state index contributed by atoms with van der Waals surface area (Å²) >= 11 is 0. The lowest BCUT2D eigenvalue weighted by Gasteiger charge is -2.26. The molecule has 1 heterocycles. The number of hydrogen-bond acceptors (Lipinski definition) is 3. The smallest absolute Gasteiger partial charge is 0.260 e. The molecule has 0 spiro atoms. The normalized spacial score (nSPS) is 15.1. The van der Waals surface area contributed by atoms with Gasteiger partial charge >= 0.3 is 0 Å². The number of piperidine rings is 1. The molecule has 2 rings (SSSR count). The van der Waals surface area contributed by atoms with E-state index in [-0.39, 0.29) is 12.5 Å². The number of amides is 1. The Morgan fingerprint density at radius 1 is 1.05 bits per heavy atom. The zero-order valence-electron chi connectivity index (χ0n) is 11.4. The minimum Gasteiger partial charge on any atom is -0.494 e. The molecule has 0 atom stereocenters. The summed E-state index contributed by atoms with van der Waals surface area (Å²) in [6, 6.07) is 7.36. The van der Waals surface area contributed by atoms with E-state index in [2.05, 4.69) is 0 Å². The molecule has 0 bridgehead atoms. The third-order valence-electron chi connectivity index (χ3n) is 3.21. The Morgan fingerprint density at radius 2 is 1.63 bits per heavy atom. The first-order chi connectivity index (χ1) is 9.29. The van der Waals surface area contributed by atoms with Crippen molar-refractivity contribution in [2.45, 2.75) is 26.2 Å². The van der Waals surface area contributed by atoms with Crippen molar-refractivity contribution < 1.29 is 14.3 Å². The highest BCUT2D eigenvalue weighted by Gasteiger charge is 2.16. The van der Waals surface area contributed by atoms with Crippen LogP contribution < -0.4 is 9.47 Å². The lowest BCUT2D eigenvalue weighted by atomic mass is 10.1. The average molecular weight is 263 g/mol. The molecule has 4 nitrogen and oxygen atoms in total. The van der Waals surface area contributed by atoms with Gasteiger partial charge < -0.3 is 14.4 Å². The zero-order chi connectivity index (χ0) is 13.5. The van der Waals surface area contributed by atoms with Crippen LogP contribution in [0.2, 0.25) is 0 Å². The third-order valence-corrected chi connectivity index (χ3v) is 3.21. The van der Waals surface area contributed by atoms with Gasteiger partial charge in [0.05, 0.1) is 6.61 Å². The molecule has 1 aromatic carbocycles. The minimum atomic E-state index is 0.0774. The number of ether oxygens (including phenoxy) is 2. The Bertz CT molecular complexity index is 396. The molecule has 1 aliphatic rings. The van der Waals surface area contributed by atoms with E-state index < -0.39 is 0 Å². The number of likely N-dealkylation sites (tertiary alicyclic amines) is 1. The predicted molar refractivity (Wildman–Crippen MR) is 73.5 cm³/mol. The number of hydrogen-bond donors (Lipinski definition) is 0. The van der Waals surface area contributed by atoms with E-state index in [4.69, 9.17) is 9.47 Å². The van der Waals surface area contributed by atoms with E-state index in [9.17, 15) is 4.79 Å². The maximum atomic E-state index is 11.9. The van der Waals surface area contributed by atoms with Gasteiger partial charge in [0, 0.05) is 13.1 Å². The highest BCUT2D eigenvalue weighted by atomic mass is 16.5. The SMILES string of the molecule is CCOc1ccc(OCC(=O)N2CCCCC2)cc1. The Kier molecular flexibility index (Phi) is 5.07. The van der Waals surface area contributed by atoms with Crippen molar-refractivity contribution in [3.8, 4) is 11.5 Å². The van der Waals surface area contributed by atoms with Gasteiger partial charge in [-0.25, -0.2) is 0 Å². The monoisotopic (exact) mass is 263 g/mol. The molecule has 1 aromatic rings. The summed E-state index contributed by atoms with van der Waals surface area (Å²) < 4.78 is 10.9. The second kappa shape index (κ2) is 7.02. The summed E-state index contributed by atoms with van der Waals surface area (Å²) in [6.45, 7) is 4.44. The first-order valence-electron chi connectivity index (χ1n) is 6.93. The van der Waals surface area contributed by atoms with Crippen LogP contribution in [0.15, 0.2) is 24.3 Å². The van der Waals surface area contributed by atoms with Gasteiger partial charge in [0.25, 0.3) is 5.91 Å². The second-order valence-corrected chi connectivity index (χ2v) is 4.63. The van der Waals surface area contributed by atoms with Gasteiger partial charge in [0.2, 0.25) is 0 Å². The van der Waals surface area contributed by atoms with E-state index in [0.29, 0.717) is 12.4 Å². The van der Waals surface area contributed by atoms with Gasteiger partial charge in [-0.1, -0.05) is 0 Å². The van der Waals surface area contributed by atoms with Crippen LogP contribution >= 0.6 is 0 Å². The number of benzene rings is 1. The Labute approximate surface area is 114 Å². The Morgan fingerprint density at radius 3 is 2.21 bits per heavy atom. The standard InChI is InChI=1S/C15H21NO3/c1-2-18-13-6-8-14(9-7-13)19-12-15(17)16-10-4-3-5-11-16/h6-9H,2-5,10-12H2,1H3. The molecule has 1 aliphatic heterocycles. The van der Waals surface area contributed by atoms with E-state index in [1.807, 2.05) is 36.1 Å². The molecule has 0 aliphatic carbocycles. The molecule has 0 radical (unpaired) electrons. The van der Waals surface area contributed by atoms with Gasteiger partial charge in [-0.3, -0.25) is 4.79 Å². The van der Waals surface area contributed by atoms with Crippen molar-refractivity contribution >= 4 is 5.91 Å². The predicted octanol–water partition coefficient (Wildman–Crippen LogP) is 2.48. The lowest BCUT2D eigenvalue weighted by Crippen LogP contribution is -2.38. The number of rotatable bonds is 5. The molecule has 4 heteroatoms. The summed E-state index contributed by atoms with van der Waals surface area (Å²) in [5.41, 5.74) is 0. The third kappa shape index (κ3) is 4.16. The maximum absolute atomic E-state index is 11.9. The van der Waals surface area contributed by atoms with Crippen LogP contribution in [0.4, 0.5) is 0 Å². The molecule has 1 amide bonds. The molecule has 0 N–H and O–H groups in total. The van der Waals surface area contributed by atoms with Gasteiger partial charge in [-0.15, -0.1) is 0 Å². The molecule has 0 saturated carbocycles. The fraction of sp³-hybridized carbons (Fsp3) is 0.533. The topological polar surface area (TPSA) is 38.8 Å². The summed E-state index contributed by atoms with van der Waals surface area (Å²) in [5.74, 6) is 1.60. The molecule has 104 valence electrons. The second-order valence-electron chi connectivity index (χ2n) is 4.63. The quantitative estimate of drug-likeness (QED) is 0.819. The van der Waals surface area contributed by atoms with E-state index in [1.54, 1.807) is 0 Å². The van der Waals surface area contributed by atoms with Crippen molar-refractivity contribution in [3.05, 3.63) is 24.3 Å². The van der Waals surface area contributed by atoms with Crippen molar-refractivity contribution in [1.82, 2.24) is 4.90 Å². The highest BCUT2D eigenvalue weighted by molar-refractivity contribution is 5.77. The largest absolute Gasteiger partial charge is 0.494 e. The Hall–Kier alpha value is -1.71. The number of carbonyl (C=O) groups excluding carboxylic acids is 1. The van der Waals surface area contributed by atoms with Crippen LogP contribution in [-0.4, -0.2) is 37.1 Å². The minimum absolute atomic E-state index is 0.0774. The van der Waals surface area contributed by atoms with Crippen molar-refractivity contribution in [1.29, 1.82) is 0 Å². The van der Waals surface area contributed by atoms with Crippen LogP contribution in [-0.2, 0) is 4.79 Å². The van der Waals surface area contributed by atoms with Crippen molar-refractivity contribution in [3.63, 3.8) is 0 Å². The molecule has 0 aromatic heterocycles. The molecule has 1 fully saturated rings. The van der Waals surface area contributed by atoms with Gasteiger partial charge in [-0.2, -0.15) is 0 Å². The molecule has 0 unspecified atom stereocenters. The van der Waals surface area contributed by atoms with Crippen LogP contribution in [0, 0.1) is 0 Å². The zero-order valence-corrected chi connectivity index (χ0v) is 11.4. The maximum Gasteiger partial charge on any atom is 0.260 e. The fourth-order valence-corrected chi connectivity index (χ4v) is 2.18. The van der Waals surface area contributed by atoms with Crippen LogP contribution in [0.5, 0.6) is 11.5 Å². The molecular formula is C15H21NO3. The van der Waals surface area contributed by atoms with E-state index >= 15 is 0 Å². The molecular weight excluding hydrogens is 242 g/mol. The van der Waals surface area contributed by atoms with Crippen LogP contribution in [0.25, 0.3) is 0 Å².